The molecule has 5 nitrogen and oxygen atoms in total. The number of carbonyl (C=O) groups excluding carboxylic acids is 1. The van der Waals surface area contributed by atoms with Crippen LogP contribution in [0.25, 0.3) is 0 Å². The molecule has 3 heterocycles. The minimum absolute atomic E-state index is 0.0200. The lowest BCUT2D eigenvalue weighted by molar-refractivity contribution is -0.128. The number of aromatic nitrogens is 1. The molecule has 0 saturated carbocycles. The molecule has 2 aromatic rings. The van der Waals surface area contributed by atoms with Crippen LogP contribution in [0.4, 0.5) is 0 Å². The van der Waals surface area contributed by atoms with Crippen molar-refractivity contribution in [2.75, 3.05) is 12.5 Å². The van der Waals surface area contributed by atoms with Gasteiger partial charge in [-0.2, -0.15) is 0 Å². The number of carbonyl (C=O) groups is 1. The molecule has 2 aliphatic heterocycles. The van der Waals surface area contributed by atoms with Crippen molar-refractivity contribution in [2.24, 2.45) is 0 Å². The maximum absolute atomic E-state index is 12.2. The van der Waals surface area contributed by atoms with E-state index < -0.39 is 0 Å². The Morgan fingerprint density at radius 3 is 3.05 bits per heavy atom. The van der Waals surface area contributed by atoms with Gasteiger partial charge in [0.1, 0.15) is 5.37 Å². The van der Waals surface area contributed by atoms with Gasteiger partial charge in [0.2, 0.25) is 12.7 Å². The van der Waals surface area contributed by atoms with Crippen LogP contribution in [0, 0.1) is 0 Å². The van der Waals surface area contributed by atoms with Gasteiger partial charge in [0.25, 0.3) is 0 Å². The first-order valence-corrected chi connectivity index (χ1v) is 8.06. The Hall–Kier alpha value is -2.21. The predicted molar refractivity (Wildman–Crippen MR) is 82.6 cm³/mol. The van der Waals surface area contributed by atoms with Crippen LogP contribution in [0.2, 0.25) is 0 Å². The second-order valence-corrected chi connectivity index (χ2v) is 6.23. The van der Waals surface area contributed by atoms with Crippen LogP contribution in [0.15, 0.2) is 42.7 Å². The van der Waals surface area contributed by atoms with E-state index in [2.05, 4.69) is 4.98 Å². The number of thioether (sulfide) groups is 1. The molecule has 0 N–H and O–H groups in total. The average Bonchev–Trinajstić information content (AvgIpc) is 3.15. The minimum atomic E-state index is 0.0200. The summed E-state index contributed by atoms with van der Waals surface area (Å²) in [5, 5.41) is 0.0200. The average molecular weight is 314 g/mol. The van der Waals surface area contributed by atoms with Gasteiger partial charge in [-0.25, -0.2) is 0 Å². The van der Waals surface area contributed by atoms with E-state index in [0.29, 0.717) is 12.3 Å². The van der Waals surface area contributed by atoms with Crippen LogP contribution in [0.5, 0.6) is 11.5 Å². The van der Waals surface area contributed by atoms with Crippen LogP contribution in [0.3, 0.4) is 0 Å². The maximum atomic E-state index is 12.2. The lowest BCUT2D eigenvalue weighted by atomic mass is 10.1. The summed E-state index contributed by atoms with van der Waals surface area (Å²) in [6.45, 7) is 0.817. The number of ether oxygens (including phenoxy) is 2. The molecule has 0 radical (unpaired) electrons. The van der Waals surface area contributed by atoms with Crippen molar-refractivity contribution in [1.29, 1.82) is 0 Å². The van der Waals surface area contributed by atoms with E-state index in [1.54, 1.807) is 18.0 Å². The smallest absolute Gasteiger partial charge is 0.234 e. The molecule has 1 fully saturated rings. The van der Waals surface area contributed by atoms with Crippen molar-refractivity contribution in [2.45, 2.75) is 11.9 Å². The molecular weight excluding hydrogens is 300 g/mol. The summed E-state index contributed by atoms with van der Waals surface area (Å²) in [4.78, 5) is 18.3. The molecule has 0 spiro atoms. The normalized spacial score (nSPS) is 19.7. The number of fused-ring (bicyclic) bond motifs is 1. The van der Waals surface area contributed by atoms with Crippen molar-refractivity contribution in [1.82, 2.24) is 9.88 Å². The van der Waals surface area contributed by atoms with Gasteiger partial charge in [-0.1, -0.05) is 12.1 Å². The molecule has 0 bridgehead atoms. The molecule has 2 aliphatic rings. The highest BCUT2D eigenvalue weighted by molar-refractivity contribution is 8.00. The monoisotopic (exact) mass is 314 g/mol. The van der Waals surface area contributed by atoms with Gasteiger partial charge in [-0.15, -0.1) is 11.8 Å². The van der Waals surface area contributed by atoms with E-state index in [-0.39, 0.29) is 18.1 Å². The lowest BCUT2D eigenvalue weighted by Crippen LogP contribution is -2.27. The fraction of sp³-hybridized carbons (Fsp3) is 0.250. The third-order valence-electron chi connectivity index (χ3n) is 3.73. The number of nitrogens with zero attached hydrogens (tertiary/aromatic N) is 2. The van der Waals surface area contributed by atoms with E-state index in [1.807, 2.05) is 41.4 Å². The molecule has 0 unspecified atom stereocenters. The van der Waals surface area contributed by atoms with Crippen molar-refractivity contribution >= 4 is 17.7 Å². The number of benzene rings is 1. The van der Waals surface area contributed by atoms with Crippen molar-refractivity contribution < 1.29 is 14.3 Å². The number of rotatable bonds is 3. The van der Waals surface area contributed by atoms with Crippen LogP contribution in [-0.2, 0) is 11.3 Å². The molecule has 1 aromatic carbocycles. The minimum Gasteiger partial charge on any atom is -0.454 e. The fourth-order valence-electron chi connectivity index (χ4n) is 2.66. The molecule has 22 heavy (non-hydrogen) atoms. The third kappa shape index (κ3) is 2.39. The first kappa shape index (κ1) is 13.5. The Morgan fingerprint density at radius 1 is 1.27 bits per heavy atom. The summed E-state index contributed by atoms with van der Waals surface area (Å²) in [5.41, 5.74) is 2.09. The van der Waals surface area contributed by atoms with Crippen LogP contribution in [-0.4, -0.2) is 28.3 Å². The molecule has 6 heteroatoms. The van der Waals surface area contributed by atoms with E-state index in [0.717, 1.165) is 22.6 Å². The summed E-state index contributed by atoms with van der Waals surface area (Å²) in [5.74, 6) is 2.16. The second-order valence-electron chi connectivity index (χ2n) is 5.16. The number of hydrogen-bond donors (Lipinski definition) is 0. The van der Waals surface area contributed by atoms with Gasteiger partial charge < -0.3 is 14.4 Å². The zero-order valence-electron chi connectivity index (χ0n) is 11.8. The first-order chi connectivity index (χ1) is 10.8. The molecular formula is C16H14N2O3S. The Bertz CT molecular complexity index is 708. The molecule has 1 amide bonds. The second kappa shape index (κ2) is 5.53. The molecule has 112 valence electrons. The molecule has 0 aliphatic carbocycles. The zero-order valence-corrected chi connectivity index (χ0v) is 12.6. The SMILES string of the molecule is O=C1CS[C@@H](c2cccnc2)N1Cc1ccc2c(c1)OCO2. The summed E-state index contributed by atoms with van der Waals surface area (Å²) >= 11 is 1.64. The number of pyridine rings is 1. The molecule has 1 aromatic heterocycles. The van der Waals surface area contributed by atoms with E-state index in [1.165, 1.54) is 0 Å². The van der Waals surface area contributed by atoms with Crippen molar-refractivity contribution in [3.05, 3.63) is 53.9 Å². The third-order valence-corrected chi connectivity index (χ3v) is 4.98. The number of hydrogen-bond acceptors (Lipinski definition) is 5. The van der Waals surface area contributed by atoms with E-state index in [4.69, 9.17) is 9.47 Å². The van der Waals surface area contributed by atoms with Gasteiger partial charge in [0, 0.05) is 24.5 Å². The standard InChI is InChI=1S/C16H14N2O3S/c19-15-9-22-16(12-2-1-5-17-7-12)18(15)8-11-3-4-13-14(6-11)21-10-20-13/h1-7,16H,8-10H2/t16-/m0/s1. The van der Waals surface area contributed by atoms with Gasteiger partial charge in [0.05, 0.1) is 5.75 Å². The zero-order chi connectivity index (χ0) is 14.9. The summed E-state index contributed by atoms with van der Waals surface area (Å²) in [7, 11) is 0. The summed E-state index contributed by atoms with van der Waals surface area (Å²) < 4.78 is 10.7. The van der Waals surface area contributed by atoms with Crippen LogP contribution >= 0.6 is 11.8 Å². The predicted octanol–water partition coefficient (Wildman–Crippen LogP) is 2.58. The van der Waals surface area contributed by atoms with Crippen LogP contribution in [0.1, 0.15) is 16.5 Å². The van der Waals surface area contributed by atoms with Gasteiger partial charge in [0.15, 0.2) is 11.5 Å². The van der Waals surface area contributed by atoms with E-state index in [9.17, 15) is 4.79 Å². The van der Waals surface area contributed by atoms with Gasteiger partial charge in [-0.05, 0) is 23.8 Å². The largest absolute Gasteiger partial charge is 0.454 e. The molecule has 1 saturated heterocycles. The van der Waals surface area contributed by atoms with Gasteiger partial charge >= 0.3 is 0 Å². The summed E-state index contributed by atoms with van der Waals surface area (Å²) in [6.07, 6.45) is 3.57. The first-order valence-electron chi connectivity index (χ1n) is 7.01. The molecule has 1 atom stereocenters. The fourth-order valence-corrected chi connectivity index (χ4v) is 3.83. The Kier molecular flexibility index (Phi) is 3.38. The highest BCUT2D eigenvalue weighted by Gasteiger charge is 2.33. The Balaban J connectivity index is 1.59. The van der Waals surface area contributed by atoms with E-state index >= 15 is 0 Å². The van der Waals surface area contributed by atoms with Crippen molar-refractivity contribution in [3.63, 3.8) is 0 Å². The maximum Gasteiger partial charge on any atom is 0.234 e. The Labute approximate surface area is 132 Å². The molecule has 4 rings (SSSR count). The highest BCUT2D eigenvalue weighted by atomic mass is 32.2. The Morgan fingerprint density at radius 2 is 2.18 bits per heavy atom. The number of amides is 1. The summed E-state index contributed by atoms with van der Waals surface area (Å²) in [6, 6.07) is 9.72. The van der Waals surface area contributed by atoms with Crippen molar-refractivity contribution in [3.8, 4) is 11.5 Å². The lowest BCUT2D eigenvalue weighted by Gasteiger charge is -2.24. The van der Waals surface area contributed by atoms with Crippen LogP contribution < -0.4 is 9.47 Å². The topological polar surface area (TPSA) is 51.7 Å². The van der Waals surface area contributed by atoms with Gasteiger partial charge in [-0.3, -0.25) is 9.78 Å². The highest BCUT2D eigenvalue weighted by Crippen LogP contribution is 2.40. The quantitative estimate of drug-likeness (QED) is 0.871.